The Morgan fingerprint density at radius 2 is 1.37 bits per heavy atom. The van der Waals surface area contributed by atoms with Crippen molar-refractivity contribution < 1.29 is 0 Å². The molecule has 2 aromatic rings. The Labute approximate surface area is 116 Å². The molecule has 0 saturated carbocycles. The number of rotatable bonds is 2. The second kappa shape index (κ2) is 5.15. The summed E-state index contributed by atoms with van der Waals surface area (Å²) in [5, 5.41) is 1.48. The third-order valence-corrected chi connectivity index (χ3v) is 5.57. The van der Waals surface area contributed by atoms with Gasteiger partial charge >= 0.3 is 0 Å². The van der Waals surface area contributed by atoms with Gasteiger partial charge in [0.25, 0.3) is 0 Å². The number of allylic oxidation sites excluding steroid dienone is 2. The molecule has 1 unspecified atom stereocenters. The number of hydrogen-bond acceptors (Lipinski definition) is 0. The molecule has 0 nitrogen and oxygen atoms in total. The van der Waals surface area contributed by atoms with E-state index in [1.54, 1.807) is 0 Å². The van der Waals surface area contributed by atoms with Gasteiger partial charge in [0, 0.05) is 11.0 Å². The van der Waals surface area contributed by atoms with Crippen LogP contribution in [-0.2, 0) is 0 Å². The minimum absolute atomic E-state index is 0.524. The fourth-order valence-corrected chi connectivity index (χ4v) is 4.20. The number of benzene rings is 2. The molecule has 1 aliphatic rings. The van der Waals surface area contributed by atoms with Crippen molar-refractivity contribution in [1.29, 1.82) is 0 Å². The summed E-state index contributed by atoms with van der Waals surface area (Å²) in [5.74, 6) is 0. The lowest BCUT2D eigenvalue weighted by Gasteiger charge is -2.09. The van der Waals surface area contributed by atoms with E-state index in [2.05, 4.69) is 74.5 Å². The van der Waals surface area contributed by atoms with Gasteiger partial charge in [-0.1, -0.05) is 74.4 Å². The Kier molecular flexibility index (Phi) is 3.36. The fraction of sp³-hybridized carbons (Fsp3) is 0.167. The third kappa shape index (κ3) is 2.29. The maximum absolute atomic E-state index is 2.27. The smallest absolute Gasteiger partial charge is 0.0477 e. The highest BCUT2D eigenvalue weighted by Crippen LogP contribution is 2.45. The summed E-state index contributed by atoms with van der Waals surface area (Å²) in [4.78, 5) is 0. The highest BCUT2D eigenvalue weighted by Gasteiger charge is 2.23. The molecule has 0 N–H and O–H groups in total. The van der Waals surface area contributed by atoms with Gasteiger partial charge in [0.05, 0.1) is 0 Å². The average molecular weight is 264 g/mol. The molecule has 94 valence electrons. The van der Waals surface area contributed by atoms with Gasteiger partial charge in [-0.05, 0) is 30.5 Å². The van der Waals surface area contributed by atoms with Crippen molar-refractivity contribution in [3.05, 3.63) is 82.9 Å². The van der Waals surface area contributed by atoms with E-state index in [-0.39, 0.29) is 0 Å². The summed E-state index contributed by atoms with van der Waals surface area (Å²) in [7, 11) is 1.41. The minimum atomic E-state index is 0.524. The molecule has 1 heteroatoms. The van der Waals surface area contributed by atoms with E-state index in [0.717, 1.165) is 0 Å². The van der Waals surface area contributed by atoms with E-state index < -0.39 is 0 Å². The first-order chi connectivity index (χ1) is 9.27. The van der Waals surface area contributed by atoms with Gasteiger partial charge < -0.3 is 0 Å². The van der Waals surface area contributed by atoms with Crippen LogP contribution in [0, 0.1) is 0 Å². The van der Waals surface area contributed by atoms with E-state index >= 15 is 0 Å². The van der Waals surface area contributed by atoms with Crippen LogP contribution >= 0.6 is 8.20 Å². The molecule has 1 atom stereocenters. The molecule has 0 amide bonds. The predicted molar refractivity (Wildman–Crippen MR) is 85.0 cm³/mol. The molecular weight excluding hydrogens is 247 g/mol. The molecule has 0 aromatic heterocycles. The molecule has 0 bridgehead atoms. The first kappa shape index (κ1) is 12.4. The quantitative estimate of drug-likeness (QED) is 0.650. The van der Waals surface area contributed by atoms with Crippen LogP contribution in [0.15, 0.2) is 71.8 Å². The van der Waals surface area contributed by atoms with Crippen molar-refractivity contribution >= 4 is 13.5 Å². The van der Waals surface area contributed by atoms with E-state index in [9.17, 15) is 0 Å². The Morgan fingerprint density at radius 1 is 0.789 bits per heavy atom. The molecule has 0 radical (unpaired) electrons. The lowest BCUT2D eigenvalue weighted by atomic mass is 9.97. The first-order valence-electron chi connectivity index (χ1n) is 6.63. The standard InChI is InChI=1S/C18H17P/c1-13-14(2)18(16-11-7-4-8-12-16)19-17(13)15-9-5-3-6-10-15/h3-12,17H,1-2H3. The van der Waals surface area contributed by atoms with Crippen molar-refractivity contribution in [2.45, 2.75) is 19.5 Å². The summed E-state index contributed by atoms with van der Waals surface area (Å²) in [6.45, 7) is 4.53. The van der Waals surface area contributed by atoms with Gasteiger partial charge in [0.15, 0.2) is 0 Å². The zero-order valence-electron chi connectivity index (χ0n) is 11.3. The third-order valence-electron chi connectivity index (χ3n) is 3.78. The van der Waals surface area contributed by atoms with Crippen LogP contribution in [0.5, 0.6) is 0 Å². The molecular formula is C18H17P. The highest BCUT2D eigenvalue weighted by molar-refractivity contribution is 7.43. The molecule has 0 aliphatic carbocycles. The molecule has 0 saturated heterocycles. The van der Waals surface area contributed by atoms with Gasteiger partial charge in [-0.15, -0.1) is 0 Å². The summed E-state index contributed by atoms with van der Waals surface area (Å²) >= 11 is 0. The van der Waals surface area contributed by atoms with Crippen LogP contribution in [0.3, 0.4) is 0 Å². The lowest BCUT2D eigenvalue weighted by molar-refractivity contribution is 1.10. The maximum Gasteiger partial charge on any atom is 0.0477 e. The Morgan fingerprint density at radius 3 is 2.00 bits per heavy atom. The maximum atomic E-state index is 2.27. The summed E-state index contributed by atoms with van der Waals surface area (Å²) in [6, 6.07) is 21.6. The second-order valence-electron chi connectivity index (χ2n) is 4.96. The Bertz CT molecular complexity index is 636. The fourth-order valence-electron chi connectivity index (χ4n) is 2.56. The van der Waals surface area contributed by atoms with Crippen molar-refractivity contribution in [2.75, 3.05) is 0 Å². The Balaban J connectivity index is 2.05. The second-order valence-corrected chi connectivity index (χ2v) is 6.19. The van der Waals surface area contributed by atoms with Crippen LogP contribution < -0.4 is 0 Å². The Hall–Kier alpha value is -1.65. The van der Waals surface area contributed by atoms with E-state index in [1.807, 2.05) is 0 Å². The monoisotopic (exact) mass is 264 g/mol. The molecule has 0 fully saturated rings. The van der Waals surface area contributed by atoms with Crippen molar-refractivity contribution in [3.63, 3.8) is 0 Å². The molecule has 19 heavy (non-hydrogen) atoms. The van der Waals surface area contributed by atoms with Crippen LogP contribution in [0.4, 0.5) is 0 Å². The molecule has 3 rings (SSSR count). The van der Waals surface area contributed by atoms with E-state index in [0.29, 0.717) is 5.66 Å². The number of hydrogen-bond donors (Lipinski definition) is 0. The summed E-state index contributed by atoms with van der Waals surface area (Å²) < 4.78 is 0. The van der Waals surface area contributed by atoms with Gasteiger partial charge in [0.2, 0.25) is 0 Å². The first-order valence-corrected chi connectivity index (χ1v) is 7.59. The van der Waals surface area contributed by atoms with Gasteiger partial charge in [-0.2, -0.15) is 0 Å². The largest absolute Gasteiger partial charge is 0.0828 e. The van der Waals surface area contributed by atoms with Gasteiger partial charge in [-0.3, -0.25) is 0 Å². The highest BCUT2D eigenvalue weighted by atomic mass is 31.1. The van der Waals surface area contributed by atoms with Crippen LogP contribution in [0.2, 0.25) is 0 Å². The molecule has 1 heterocycles. The average Bonchev–Trinajstić information content (AvgIpc) is 2.77. The van der Waals surface area contributed by atoms with Crippen LogP contribution in [-0.4, -0.2) is 5.29 Å². The van der Waals surface area contributed by atoms with Crippen molar-refractivity contribution in [3.8, 4) is 0 Å². The lowest BCUT2D eigenvalue weighted by Crippen LogP contribution is -1.97. The van der Waals surface area contributed by atoms with Crippen LogP contribution in [0.1, 0.15) is 30.6 Å². The molecule has 0 spiro atoms. The summed E-state index contributed by atoms with van der Waals surface area (Å²) in [6.07, 6.45) is 0. The topological polar surface area (TPSA) is 0 Å². The summed E-state index contributed by atoms with van der Waals surface area (Å²) in [5.41, 5.74) is 6.27. The van der Waals surface area contributed by atoms with E-state index in [1.165, 1.54) is 35.8 Å². The molecule has 1 aliphatic heterocycles. The van der Waals surface area contributed by atoms with Gasteiger partial charge in [-0.25, -0.2) is 0 Å². The minimum Gasteiger partial charge on any atom is -0.0828 e. The van der Waals surface area contributed by atoms with Crippen molar-refractivity contribution in [1.82, 2.24) is 0 Å². The normalized spacial score (nSPS) is 19.5. The molecule has 2 aromatic carbocycles. The van der Waals surface area contributed by atoms with E-state index in [4.69, 9.17) is 0 Å². The van der Waals surface area contributed by atoms with Crippen LogP contribution in [0.25, 0.3) is 0 Å². The zero-order chi connectivity index (χ0) is 13.2. The van der Waals surface area contributed by atoms with Crippen molar-refractivity contribution in [2.24, 2.45) is 0 Å². The SMILES string of the molecule is CC1=C(C)C(c2ccccc2)P=C1c1ccccc1. The van der Waals surface area contributed by atoms with Gasteiger partial charge in [0.1, 0.15) is 0 Å². The zero-order valence-corrected chi connectivity index (χ0v) is 12.2. The predicted octanol–water partition coefficient (Wildman–Crippen LogP) is 5.24.